The molecule has 0 amide bonds. The van der Waals surface area contributed by atoms with Crippen molar-refractivity contribution < 1.29 is 0 Å². The molecular weight excluding hydrogens is 252 g/mol. The molecule has 1 heterocycles. The van der Waals surface area contributed by atoms with Gasteiger partial charge in [0, 0.05) is 22.8 Å². The second-order valence-corrected chi connectivity index (χ2v) is 4.08. The van der Waals surface area contributed by atoms with Crippen LogP contribution in [0.25, 0.3) is 11.3 Å². The molecule has 2 aromatic rings. The molecule has 3 heteroatoms. The fourth-order valence-electron chi connectivity index (χ4n) is 1.41. The SMILES string of the molecule is NCc1ccc(-c2ccccn2)cc1Br. The number of halogens is 1. The monoisotopic (exact) mass is 262 g/mol. The lowest BCUT2D eigenvalue weighted by molar-refractivity contribution is 1.06. The van der Waals surface area contributed by atoms with Crippen LogP contribution in [0.2, 0.25) is 0 Å². The molecule has 15 heavy (non-hydrogen) atoms. The molecule has 0 fully saturated rings. The van der Waals surface area contributed by atoms with E-state index in [0.717, 1.165) is 21.3 Å². The van der Waals surface area contributed by atoms with Gasteiger partial charge in [-0.2, -0.15) is 0 Å². The molecule has 0 spiro atoms. The zero-order valence-electron chi connectivity index (χ0n) is 8.15. The Bertz CT molecular complexity index is 454. The minimum Gasteiger partial charge on any atom is -0.326 e. The maximum Gasteiger partial charge on any atom is 0.0702 e. The van der Waals surface area contributed by atoms with E-state index in [1.165, 1.54) is 0 Å². The predicted octanol–water partition coefficient (Wildman–Crippen LogP) is 2.97. The van der Waals surface area contributed by atoms with Crippen LogP contribution in [0, 0.1) is 0 Å². The minimum absolute atomic E-state index is 0.545. The molecule has 1 aromatic heterocycles. The highest BCUT2D eigenvalue weighted by Crippen LogP contribution is 2.24. The molecule has 0 unspecified atom stereocenters. The Kier molecular flexibility index (Phi) is 3.14. The first-order chi connectivity index (χ1) is 7.31. The van der Waals surface area contributed by atoms with Gasteiger partial charge in [0.1, 0.15) is 0 Å². The fraction of sp³-hybridized carbons (Fsp3) is 0.0833. The van der Waals surface area contributed by atoms with Crippen molar-refractivity contribution in [3.8, 4) is 11.3 Å². The summed E-state index contributed by atoms with van der Waals surface area (Å²) in [6, 6.07) is 12.0. The van der Waals surface area contributed by atoms with Gasteiger partial charge in [-0.15, -0.1) is 0 Å². The molecule has 0 saturated carbocycles. The smallest absolute Gasteiger partial charge is 0.0702 e. The summed E-state index contributed by atoms with van der Waals surface area (Å²) in [5.74, 6) is 0. The molecular formula is C12H11BrN2. The molecule has 0 aliphatic carbocycles. The van der Waals surface area contributed by atoms with E-state index in [1.54, 1.807) is 6.20 Å². The zero-order valence-corrected chi connectivity index (χ0v) is 9.74. The summed E-state index contributed by atoms with van der Waals surface area (Å²) in [4.78, 5) is 4.29. The van der Waals surface area contributed by atoms with Crippen molar-refractivity contribution in [3.05, 3.63) is 52.6 Å². The standard InChI is InChI=1S/C12H11BrN2/c13-11-7-9(4-5-10(11)8-14)12-3-1-2-6-15-12/h1-7H,8,14H2. The van der Waals surface area contributed by atoms with Crippen LogP contribution in [0.1, 0.15) is 5.56 Å². The molecule has 76 valence electrons. The average Bonchev–Trinajstić information content (AvgIpc) is 2.30. The second-order valence-electron chi connectivity index (χ2n) is 3.23. The number of nitrogens with two attached hydrogens (primary N) is 1. The van der Waals surface area contributed by atoms with E-state index in [9.17, 15) is 0 Å². The van der Waals surface area contributed by atoms with Gasteiger partial charge in [0.15, 0.2) is 0 Å². The van der Waals surface area contributed by atoms with Crippen LogP contribution >= 0.6 is 15.9 Å². The van der Waals surface area contributed by atoms with Gasteiger partial charge in [-0.25, -0.2) is 0 Å². The number of nitrogens with zero attached hydrogens (tertiary/aromatic N) is 1. The Morgan fingerprint density at radius 2 is 2.07 bits per heavy atom. The lowest BCUT2D eigenvalue weighted by Gasteiger charge is -2.04. The summed E-state index contributed by atoms with van der Waals surface area (Å²) in [7, 11) is 0. The Hall–Kier alpha value is -1.19. The van der Waals surface area contributed by atoms with E-state index in [2.05, 4.69) is 20.9 Å². The third-order valence-electron chi connectivity index (χ3n) is 2.23. The molecule has 0 saturated heterocycles. The summed E-state index contributed by atoms with van der Waals surface area (Å²) in [5, 5.41) is 0. The van der Waals surface area contributed by atoms with E-state index < -0.39 is 0 Å². The number of benzene rings is 1. The van der Waals surface area contributed by atoms with Crippen LogP contribution in [-0.4, -0.2) is 4.98 Å². The zero-order chi connectivity index (χ0) is 10.7. The first kappa shape index (κ1) is 10.3. The number of rotatable bonds is 2. The average molecular weight is 263 g/mol. The fourth-order valence-corrected chi connectivity index (χ4v) is 1.95. The molecule has 0 aliphatic heterocycles. The quantitative estimate of drug-likeness (QED) is 0.904. The molecule has 2 nitrogen and oxygen atoms in total. The van der Waals surface area contributed by atoms with Crippen molar-refractivity contribution >= 4 is 15.9 Å². The number of hydrogen-bond acceptors (Lipinski definition) is 2. The molecule has 0 atom stereocenters. The third kappa shape index (κ3) is 2.25. The highest BCUT2D eigenvalue weighted by molar-refractivity contribution is 9.10. The van der Waals surface area contributed by atoms with Gasteiger partial charge in [0.25, 0.3) is 0 Å². The van der Waals surface area contributed by atoms with Crippen LogP contribution in [0.4, 0.5) is 0 Å². The maximum atomic E-state index is 5.59. The van der Waals surface area contributed by atoms with Gasteiger partial charge in [-0.05, 0) is 23.8 Å². The van der Waals surface area contributed by atoms with Crippen LogP contribution < -0.4 is 5.73 Å². The number of aromatic nitrogens is 1. The number of hydrogen-bond donors (Lipinski definition) is 1. The van der Waals surface area contributed by atoms with Crippen molar-refractivity contribution in [1.82, 2.24) is 4.98 Å². The van der Waals surface area contributed by atoms with Crippen LogP contribution in [0.3, 0.4) is 0 Å². The van der Waals surface area contributed by atoms with Gasteiger partial charge >= 0.3 is 0 Å². The lowest BCUT2D eigenvalue weighted by atomic mass is 10.1. The molecule has 0 aliphatic rings. The molecule has 2 N–H and O–H groups in total. The van der Waals surface area contributed by atoms with E-state index in [-0.39, 0.29) is 0 Å². The van der Waals surface area contributed by atoms with Gasteiger partial charge in [0.2, 0.25) is 0 Å². The Balaban J connectivity index is 2.43. The van der Waals surface area contributed by atoms with Crippen molar-refractivity contribution in [3.63, 3.8) is 0 Å². The predicted molar refractivity (Wildman–Crippen MR) is 65.3 cm³/mol. The van der Waals surface area contributed by atoms with Crippen LogP contribution in [0.15, 0.2) is 47.1 Å². The van der Waals surface area contributed by atoms with E-state index in [4.69, 9.17) is 5.73 Å². The largest absolute Gasteiger partial charge is 0.326 e. The maximum absolute atomic E-state index is 5.59. The second kappa shape index (κ2) is 4.55. The normalized spacial score (nSPS) is 10.3. The summed E-state index contributed by atoms with van der Waals surface area (Å²) in [6.07, 6.45) is 1.79. The summed E-state index contributed by atoms with van der Waals surface area (Å²) in [6.45, 7) is 0.545. The Morgan fingerprint density at radius 3 is 2.67 bits per heavy atom. The van der Waals surface area contributed by atoms with E-state index >= 15 is 0 Å². The minimum atomic E-state index is 0.545. The Labute approximate surface area is 97.3 Å². The molecule has 1 aromatic carbocycles. The molecule has 0 bridgehead atoms. The molecule has 0 radical (unpaired) electrons. The highest BCUT2D eigenvalue weighted by Gasteiger charge is 2.02. The van der Waals surface area contributed by atoms with Gasteiger partial charge < -0.3 is 5.73 Å². The van der Waals surface area contributed by atoms with Gasteiger partial charge in [-0.1, -0.05) is 34.1 Å². The van der Waals surface area contributed by atoms with Crippen molar-refractivity contribution in [2.24, 2.45) is 5.73 Å². The van der Waals surface area contributed by atoms with Gasteiger partial charge in [-0.3, -0.25) is 4.98 Å². The first-order valence-electron chi connectivity index (χ1n) is 4.71. The molecule has 2 rings (SSSR count). The van der Waals surface area contributed by atoms with Gasteiger partial charge in [0.05, 0.1) is 5.69 Å². The first-order valence-corrected chi connectivity index (χ1v) is 5.50. The lowest BCUT2D eigenvalue weighted by Crippen LogP contribution is -1.97. The van der Waals surface area contributed by atoms with Crippen molar-refractivity contribution in [1.29, 1.82) is 0 Å². The third-order valence-corrected chi connectivity index (χ3v) is 2.97. The Morgan fingerprint density at radius 1 is 1.20 bits per heavy atom. The van der Waals surface area contributed by atoms with Crippen molar-refractivity contribution in [2.45, 2.75) is 6.54 Å². The van der Waals surface area contributed by atoms with Crippen LogP contribution in [0.5, 0.6) is 0 Å². The van der Waals surface area contributed by atoms with E-state index in [1.807, 2.05) is 36.4 Å². The summed E-state index contributed by atoms with van der Waals surface area (Å²) < 4.78 is 1.04. The summed E-state index contributed by atoms with van der Waals surface area (Å²) in [5.41, 5.74) is 8.77. The highest BCUT2D eigenvalue weighted by atomic mass is 79.9. The summed E-state index contributed by atoms with van der Waals surface area (Å²) >= 11 is 3.50. The number of pyridine rings is 1. The van der Waals surface area contributed by atoms with Crippen LogP contribution in [-0.2, 0) is 6.54 Å². The van der Waals surface area contributed by atoms with Crippen molar-refractivity contribution in [2.75, 3.05) is 0 Å². The van der Waals surface area contributed by atoms with E-state index in [0.29, 0.717) is 6.54 Å². The topological polar surface area (TPSA) is 38.9 Å².